The minimum Gasteiger partial charge on any atom is -0.378 e. The lowest BCUT2D eigenvalue weighted by Crippen LogP contribution is -2.37. The lowest BCUT2D eigenvalue weighted by molar-refractivity contribution is -0.364. The first kappa shape index (κ1) is 14.8. The van der Waals surface area contributed by atoms with Gasteiger partial charge in [0.15, 0.2) is 0 Å². The van der Waals surface area contributed by atoms with E-state index in [0.29, 0.717) is 26.2 Å². The Kier molecular flexibility index (Phi) is 7.96. The summed E-state index contributed by atoms with van der Waals surface area (Å²) in [4.78, 5) is 0. The SMILES string of the molecule is CCCOC(O)(CCOC(C)C)OCC. The molecule has 0 rings (SSSR count). The summed E-state index contributed by atoms with van der Waals surface area (Å²) < 4.78 is 15.8. The van der Waals surface area contributed by atoms with Crippen LogP contribution in [0.25, 0.3) is 0 Å². The molecule has 0 saturated heterocycles. The molecular weight excluding hydrogens is 196 g/mol. The van der Waals surface area contributed by atoms with E-state index < -0.39 is 5.97 Å². The Balaban J connectivity index is 3.89. The van der Waals surface area contributed by atoms with E-state index in [9.17, 15) is 5.11 Å². The molecule has 1 N–H and O–H groups in total. The summed E-state index contributed by atoms with van der Waals surface area (Å²) in [7, 11) is 0. The number of ether oxygens (including phenoxy) is 3. The van der Waals surface area contributed by atoms with Crippen molar-refractivity contribution in [3.63, 3.8) is 0 Å². The minimum absolute atomic E-state index is 0.155. The molecule has 0 saturated carbocycles. The fraction of sp³-hybridized carbons (Fsp3) is 1.00. The van der Waals surface area contributed by atoms with Gasteiger partial charge in [-0.05, 0) is 27.2 Å². The van der Waals surface area contributed by atoms with Crippen LogP contribution in [0.1, 0.15) is 40.5 Å². The minimum atomic E-state index is -1.49. The van der Waals surface area contributed by atoms with Crippen LogP contribution in [0.5, 0.6) is 0 Å². The van der Waals surface area contributed by atoms with Gasteiger partial charge in [0.05, 0.1) is 25.7 Å². The summed E-state index contributed by atoms with van der Waals surface area (Å²) in [6.07, 6.45) is 1.33. The first-order valence-electron chi connectivity index (χ1n) is 5.66. The quantitative estimate of drug-likeness (QED) is 0.603. The van der Waals surface area contributed by atoms with E-state index in [0.717, 1.165) is 6.42 Å². The summed E-state index contributed by atoms with van der Waals surface area (Å²) >= 11 is 0. The Morgan fingerprint density at radius 3 is 2.27 bits per heavy atom. The average molecular weight is 220 g/mol. The molecule has 1 unspecified atom stereocenters. The summed E-state index contributed by atoms with van der Waals surface area (Å²) in [5.41, 5.74) is 0. The Morgan fingerprint density at radius 2 is 1.80 bits per heavy atom. The summed E-state index contributed by atoms with van der Waals surface area (Å²) in [6, 6.07) is 0. The van der Waals surface area contributed by atoms with Gasteiger partial charge in [-0.2, -0.15) is 0 Å². The number of hydrogen-bond donors (Lipinski definition) is 1. The van der Waals surface area contributed by atoms with Gasteiger partial charge in [0.1, 0.15) is 0 Å². The molecule has 0 aliphatic carbocycles. The molecule has 0 fully saturated rings. The van der Waals surface area contributed by atoms with Crippen LogP contribution in [0, 0.1) is 0 Å². The zero-order valence-electron chi connectivity index (χ0n) is 10.3. The van der Waals surface area contributed by atoms with E-state index in [1.54, 1.807) is 0 Å². The normalized spacial score (nSPS) is 15.6. The van der Waals surface area contributed by atoms with Crippen molar-refractivity contribution in [3.05, 3.63) is 0 Å². The molecule has 0 aliphatic heterocycles. The predicted molar refractivity (Wildman–Crippen MR) is 58.5 cm³/mol. The van der Waals surface area contributed by atoms with Crippen molar-refractivity contribution in [2.45, 2.75) is 52.6 Å². The third-order valence-corrected chi connectivity index (χ3v) is 1.77. The topological polar surface area (TPSA) is 47.9 Å². The number of rotatable bonds is 9. The molecule has 1 atom stereocenters. The van der Waals surface area contributed by atoms with E-state index in [2.05, 4.69) is 0 Å². The van der Waals surface area contributed by atoms with Gasteiger partial charge in [-0.3, -0.25) is 0 Å². The van der Waals surface area contributed by atoms with Crippen LogP contribution in [0.3, 0.4) is 0 Å². The van der Waals surface area contributed by atoms with Gasteiger partial charge in [-0.25, -0.2) is 0 Å². The zero-order chi connectivity index (χ0) is 11.7. The largest absolute Gasteiger partial charge is 0.378 e. The van der Waals surface area contributed by atoms with E-state index in [-0.39, 0.29) is 6.10 Å². The monoisotopic (exact) mass is 220 g/mol. The van der Waals surface area contributed by atoms with Gasteiger partial charge in [-0.15, -0.1) is 0 Å². The van der Waals surface area contributed by atoms with Gasteiger partial charge in [0.2, 0.25) is 0 Å². The van der Waals surface area contributed by atoms with Gasteiger partial charge in [-0.1, -0.05) is 6.92 Å². The maximum Gasteiger partial charge on any atom is 0.282 e. The molecule has 92 valence electrons. The maximum absolute atomic E-state index is 9.93. The second-order valence-electron chi connectivity index (χ2n) is 3.66. The van der Waals surface area contributed by atoms with Crippen LogP contribution >= 0.6 is 0 Å². The van der Waals surface area contributed by atoms with Gasteiger partial charge >= 0.3 is 0 Å². The van der Waals surface area contributed by atoms with E-state index >= 15 is 0 Å². The van der Waals surface area contributed by atoms with Crippen LogP contribution in [-0.2, 0) is 14.2 Å². The number of hydrogen-bond acceptors (Lipinski definition) is 4. The van der Waals surface area contributed by atoms with Crippen LogP contribution in [0.2, 0.25) is 0 Å². The molecular formula is C11H24O4. The second kappa shape index (κ2) is 8.05. The highest BCUT2D eigenvalue weighted by Gasteiger charge is 2.28. The number of aliphatic hydroxyl groups is 1. The molecule has 15 heavy (non-hydrogen) atoms. The van der Waals surface area contributed by atoms with Crippen LogP contribution in [0.4, 0.5) is 0 Å². The Morgan fingerprint density at radius 1 is 1.13 bits per heavy atom. The van der Waals surface area contributed by atoms with Gasteiger partial charge in [0, 0.05) is 6.61 Å². The summed E-state index contributed by atoms with van der Waals surface area (Å²) in [6.45, 7) is 9.04. The highest BCUT2D eigenvalue weighted by atomic mass is 16.8. The highest BCUT2D eigenvalue weighted by molar-refractivity contribution is 4.55. The van der Waals surface area contributed by atoms with Crippen molar-refractivity contribution in [3.8, 4) is 0 Å². The molecule has 0 amide bonds. The third-order valence-electron chi connectivity index (χ3n) is 1.77. The van der Waals surface area contributed by atoms with E-state index in [4.69, 9.17) is 14.2 Å². The van der Waals surface area contributed by atoms with Crippen molar-refractivity contribution in [2.75, 3.05) is 19.8 Å². The molecule has 0 aromatic rings. The van der Waals surface area contributed by atoms with Crippen LogP contribution in [0.15, 0.2) is 0 Å². The van der Waals surface area contributed by atoms with Crippen molar-refractivity contribution in [1.29, 1.82) is 0 Å². The molecule has 0 spiro atoms. The van der Waals surface area contributed by atoms with Crippen molar-refractivity contribution >= 4 is 0 Å². The first-order valence-corrected chi connectivity index (χ1v) is 5.66. The van der Waals surface area contributed by atoms with Crippen LogP contribution < -0.4 is 0 Å². The molecule has 0 aliphatic rings. The van der Waals surface area contributed by atoms with E-state index in [1.807, 2.05) is 27.7 Å². The summed E-state index contributed by atoms with van der Waals surface area (Å²) in [5, 5.41) is 9.93. The molecule has 0 radical (unpaired) electrons. The molecule has 0 aromatic carbocycles. The zero-order valence-corrected chi connectivity index (χ0v) is 10.3. The molecule has 0 heterocycles. The lowest BCUT2D eigenvalue weighted by atomic mass is 10.3. The average Bonchev–Trinajstić information content (AvgIpc) is 2.15. The third kappa shape index (κ3) is 7.73. The fourth-order valence-electron chi connectivity index (χ4n) is 1.10. The first-order chi connectivity index (χ1) is 7.04. The van der Waals surface area contributed by atoms with E-state index in [1.165, 1.54) is 0 Å². The van der Waals surface area contributed by atoms with Crippen molar-refractivity contribution in [2.24, 2.45) is 0 Å². The Hall–Kier alpha value is -0.160. The molecule has 4 nitrogen and oxygen atoms in total. The predicted octanol–water partition coefficient (Wildman–Crippen LogP) is 1.91. The molecule has 4 heteroatoms. The Bertz CT molecular complexity index is 150. The summed E-state index contributed by atoms with van der Waals surface area (Å²) in [5.74, 6) is -1.49. The van der Waals surface area contributed by atoms with Gasteiger partial charge < -0.3 is 19.3 Å². The van der Waals surface area contributed by atoms with Crippen LogP contribution in [-0.4, -0.2) is 37.0 Å². The lowest BCUT2D eigenvalue weighted by Gasteiger charge is -2.27. The van der Waals surface area contributed by atoms with Gasteiger partial charge in [0.25, 0.3) is 5.97 Å². The molecule has 0 bridgehead atoms. The Labute approximate surface area is 92.5 Å². The highest BCUT2D eigenvalue weighted by Crippen LogP contribution is 2.15. The fourth-order valence-corrected chi connectivity index (χ4v) is 1.10. The van der Waals surface area contributed by atoms with Crippen molar-refractivity contribution < 1.29 is 19.3 Å². The molecule has 0 aromatic heterocycles. The standard InChI is InChI=1S/C11H24O4/c1-5-8-15-11(12,14-6-2)7-9-13-10(3)4/h10,12H,5-9H2,1-4H3. The maximum atomic E-state index is 9.93. The smallest absolute Gasteiger partial charge is 0.282 e. The second-order valence-corrected chi connectivity index (χ2v) is 3.66. The van der Waals surface area contributed by atoms with Crippen molar-refractivity contribution in [1.82, 2.24) is 0 Å².